The van der Waals surface area contributed by atoms with E-state index in [1.54, 1.807) is 0 Å². The van der Waals surface area contributed by atoms with Crippen molar-refractivity contribution in [3.05, 3.63) is 23.8 Å². The van der Waals surface area contributed by atoms with E-state index in [0.29, 0.717) is 0 Å². The highest BCUT2D eigenvalue weighted by molar-refractivity contribution is 6.58. The Balaban J connectivity index is 3.33. The van der Waals surface area contributed by atoms with Crippen molar-refractivity contribution in [2.24, 2.45) is 0 Å². The predicted molar refractivity (Wildman–Crippen MR) is 55.6 cm³/mol. The van der Waals surface area contributed by atoms with Crippen molar-refractivity contribution >= 4 is 18.3 Å². The maximum atomic E-state index is 12.7. The van der Waals surface area contributed by atoms with Crippen LogP contribution in [0.3, 0.4) is 0 Å². The lowest BCUT2D eigenvalue weighted by molar-refractivity contribution is -0.137. The number of hydrogen-bond donors (Lipinski definition) is 2. The number of rotatable bonds is 2. The second-order valence-electron chi connectivity index (χ2n) is 3.54. The molecular weight excluding hydrogens is 222 g/mol. The van der Waals surface area contributed by atoms with Gasteiger partial charge in [-0.1, -0.05) is 6.07 Å². The summed E-state index contributed by atoms with van der Waals surface area (Å²) < 4.78 is 38.0. The maximum Gasteiger partial charge on any atom is 0.488 e. The lowest BCUT2D eigenvalue weighted by Crippen LogP contribution is -2.31. The van der Waals surface area contributed by atoms with Crippen molar-refractivity contribution in [2.45, 2.75) is 6.18 Å². The number of halogens is 3. The summed E-state index contributed by atoms with van der Waals surface area (Å²) in [5.74, 6) is 0. The largest absolute Gasteiger partial charge is 0.488 e. The van der Waals surface area contributed by atoms with Crippen molar-refractivity contribution in [3.8, 4) is 0 Å². The molecule has 7 heteroatoms. The molecule has 0 bridgehead atoms. The molecule has 1 rings (SSSR count). The lowest BCUT2D eigenvalue weighted by atomic mass is 9.79. The van der Waals surface area contributed by atoms with Crippen LogP contribution in [0.2, 0.25) is 0 Å². The van der Waals surface area contributed by atoms with Gasteiger partial charge >= 0.3 is 13.3 Å². The molecule has 0 aromatic heterocycles. The van der Waals surface area contributed by atoms with Gasteiger partial charge < -0.3 is 14.9 Å². The average molecular weight is 233 g/mol. The molecule has 0 saturated carbocycles. The van der Waals surface area contributed by atoms with Gasteiger partial charge in [-0.15, -0.1) is 0 Å². The van der Waals surface area contributed by atoms with Gasteiger partial charge in [-0.3, -0.25) is 0 Å². The van der Waals surface area contributed by atoms with Gasteiger partial charge in [0.2, 0.25) is 0 Å². The number of benzene rings is 1. The Morgan fingerprint density at radius 2 is 1.75 bits per heavy atom. The van der Waals surface area contributed by atoms with Gasteiger partial charge in [-0.25, -0.2) is 0 Å². The van der Waals surface area contributed by atoms with E-state index >= 15 is 0 Å². The number of alkyl halides is 3. The van der Waals surface area contributed by atoms with Crippen LogP contribution in [0.1, 0.15) is 5.56 Å². The van der Waals surface area contributed by atoms with Crippen LogP contribution in [-0.4, -0.2) is 31.3 Å². The van der Waals surface area contributed by atoms with E-state index in [0.717, 1.165) is 6.07 Å². The van der Waals surface area contributed by atoms with Crippen LogP contribution in [0, 0.1) is 0 Å². The second kappa shape index (κ2) is 4.35. The Kier molecular flexibility index (Phi) is 3.49. The minimum absolute atomic E-state index is 0.0168. The Bertz CT molecular complexity index is 380. The summed E-state index contributed by atoms with van der Waals surface area (Å²) >= 11 is 0. The first-order valence-electron chi connectivity index (χ1n) is 4.48. The van der Waals surface area contributed by atoms with Crippen molar-refractivity contribution in [1.29, 1.82) is 0 Å². The fraction of sp³-hybridized carbons (Fsp3) is 0.333. The first kappa shape index (κ1) is 12.9. The molecule has 0 amide bonds. The molecule has 3 nitrogen and oxygen atoms in total. The monoisotopic (exact) mass is 233 g/mol. The summed E-state index contributed by atoms with van der Waals surface area (Å²) in [6.07, 6.45) is -4.52. The van der Waals surface area contributed by atoms with E-state index in [-0.39, 0.29) is 11.2 Å². The molecule has 1 aromatic carbocycles. The minimum Gasteiger partial charge on any atom is -0.423 e. The Labute approximate surface area is 91.3 Å². The normalized spacial score (nSPS) is 11.4. The SMILES string of the molecule is CN(C)c1ccc(B(O)O)cc1C(F)(F)F. The molecule has 88 valence electrons. The molecule has 0 spiro atoms. The van der Waals surface area contributed by atoms with Crippen LogP contribution in [0.5, 0.6) is 0 Å². The molecule has 0 heterocycles. The third-order valence-corrected chi connectivity index (χ3v) is 2.11. The smallest absolute Gasteiger partial charge is 0.423 e. The van der Waals surface area contributed by atoms with Gasteiger partial charge in [0.15, 0.2) is 0 Å². The zero-order chi connectivity index (χ0) is 12.5. The summed E-state index contributed by atoms with van der Waals surface area (Å²) in [4.78, 5) is 1.32. The molecule has 2 N–H and O–H groups in total. The molecule has 0 radical (unpaired) electrons. The number of nitrogens with zero attached hydrogens (tertiary/aromatic N) is 1. The van der Waals surface area contributed by atoms with Crippen LogP contribution in [0.15, 0.2) is 18.2 Å². The predicted octanol–water partition coefficient (Wildman–Crippen LogP) is 0.451. The fourth-order valence-electron chi connectivity index (χ4n) is 1.33. The van der Waals surface area contributed by atoms with Crippen molar-refractivity contribution < 1.29 is 23.2 Å². The van der Waals surface area contributed by atoms with Crippen molar-refractivity contribution in [3.63, 3.8) is 0 Å². The van der Waals surface area contributed by atoms with Gasteiger partial charge in [0.05, 0.1) is 5.56 Å². The third-order valence-electron chi connectivity index (χ3n) is 2.11. The van der Waals surface area contributed by atoms with Crippen LogP contribution in [-0.2, 0) is 6.18 Å². The molecule has 1 aromatic rings. The Morgan fingerprint density at radius 1 is 1.19 bits per heavy atom. The Hall–Kier alpha value is -1.21. The van der Waals surface area contributed by atoms with Crippen LogP contribution in [0.25, 0.3) is 0 Å². The molecule has 0 fully saturated rings. The summed E-state index contributed by atoms with van der Waals surface area (Å²) in [7, 11) is 1.07. The van der Waals surface area contributed by atoms with Gasteiger partial charge in [0.1, 0.15) is 0 Å². The number of anilines is 1. The van der Waals surface area contributed by atoms with Crippen LogP contribution in [0.4, 0.5) is 18.9 Å². The highest BCUT2D eigenvalue weighted by Gasteiger charge is 2.35. The molecule has 0 saturated heterocycles. The van der Waals surface area contributed by atoms with Crippen molar-refractivity contribution in [2.75, 3.05) is 19.0 Å². The first-order valence-corrected chi connectivity index (χ1v) is 4.48. The van der Waals surface area contributed by atoms with E-state index in [2.05, 4.69) is 0 Å². The molecule has 0 unspecified atom stereocenters. The van der Waals surface area contributed by atoms with E-state index in [4.69, 9.17) is 10.0 Å². The van der Waals surface area contributed by atoms with Gasteiger partial charge in [0.25, 0.3) is 0 Å². The van der Waals surface area contributed by atoms with Gasteiger partial charge in [-0.2, -0.15) is 13.2 Å². The van der Waals surface area contributed by atoms with E-state index < -0.39 is 18.9 Å². The molecular formula is C9H11BF3NO2. The molecule has 0 aliphatic carbocycles. The zero-order valence-corrected chi connectivity index (χ0v) is 8.78. The topological polar surface area (TPSA) is 43.7 Å². The summed E-state index contributed by atoms with van der Waals surface area (Å²) in [5, 5.41) is 17.6. The first-order chi connectivity index (χ1) is 7.23. The average Bonchev–Trinajstić information content (AvgIpc) is 2.15. The lowest BCUT2D eigenvalue weighted by Gasteiger charge is -2.20. The summed E-state index contributed by atoms with van der Waals surface area (Å²) in [5.41, 5.74) is -1.09. The molecule has 0 aliphatic heterocycles. The van der Waals surface area contributed by atoms with Crippen LogP contribution >= 0.6 is 0 Å². The fourth-order valence-corrected chi connectivity index (χ4v) is 1.33. The minimum atomic E-state index is -4.52. The zero-order valence-electron chi connectivity index (χ0n) is 8.78. The van der Waals surface area contributed by atoms with Crippen molar-refractivity contribution in [1.82, 2.24) is 0 Å². The second-order valence-corrected chi connectivity index (χ2v) is 3.54. The quantitative estimate of drug-likeness (QED) is 0.729. The van der Waals surface area contributed by atoms with E-state index in [1.807, 2.05) is 0 Å². The van der Waals surface area contributed by atoms with Crippen LogP contribution < -0.4 is 10.4 Å². The summed E-state index contributed by atoms with van der Waals surface area (Å²) in [6, 6.07) is 3.19. The van der Waals surface area contributed by atoms with E-state index in [9.17, 15) is 13.2 Å². The third kappa shape index (κ3) is 2.68. The molecule has 0 atom stereocenters. The highest BCUT2D eigenvalue weighted by atomic mass is 19.4. The molecule has 16 heavy (non-hydrogen) atoms. The summed E-state index contributed by atoms with van der Waals surface area (Å²) in [6.45, 7) is 0. The standard InChI is InChI=1S/C9H11BF3NO2/c1-14(2)8-4-3-6(10(15)16)5-7(8)9(11,12)13/h3-5,15-16H,1-2H3. The van der Waals surface area contributed by atoms with Gasteiger partial charge in [-0.05, 0) is 17.6 Å². The number of hydrogen-bond acceptors (Lipinski definition) is 3. The highest BCUT2D eigenvalue weighted by Crippen LogP contribution is 2.35. The Morgan fingerprint density at radius 3 is 2.12 bits per heavy atom. The van der Waals surface area contributed by atoms with Gasteiger partial charge in [0, 0.05) is 19.8 Å². The van der Waals surface area contributed by atoms with E-state index in [1.165, 1.54) is 31.1 Å². The maximum absolute atomic E-state index is 12.7. The molecule has 0 aliphatic rings.